The number of methoxy groups -OCH3 is 1. The minimum Gasteiger partial charge on any atom is -0.497 e. The van der Waals surface area contributed by atoms with Crippen LogP contribution in [0.15, 0.2) is 42.5 Å². The minimum atomic E-state index is 0.0343. The Morgan fingerprint density at radius 2 is 1.92 bits per heavy atom. The molecule has 2 aliphatic rings. The summed E-state index contributed by atoms with van der Waals surface area (Å²) < 4.78 is 5.17. The molecule has 0 spiro atoms. The lowest BCUT2D eigenvalue weighted by Crippen LogP contribution is -2.23. The van der Waals surface area contributed by atoms with E-state index < -0.39 is 0 Å². The molecule has 1 amide bonds. The first-order valence-corrected chi connectivity index (χ1v) is 8.72. The first-order valence-electron chi connectivity index (χ1n) is 8.72. The molecule has 128 valence electrons. The zero-order valence-corrected chi connectivity index (χ0v) is 14.3. The van der Waals surface area contributed by atoms with Crippen molar-refractivity contribution in [3.63, 3.8) is 0 Å². The zero-order chi connectivity index (χ0) is 17.4. The van der Waals surface area contributed by atoms with Crippen molar-refractivity contribution in [2.24, 2.45) is 5.92 Å². The Morgan fingerprint density at radius 1 is 1.16 bits per heavy atom. The SMILES string of the molecule is COc1ccc(CN2Cc3cc(C(=O)CC4CC4)ccc3C2=O)cc1. The molecule has 0 unspecified atom stereocenters. The van der Waals surface area contributed by atoms with Crippen LogP contribution in [-0.4, -0.2) is 23.7 Å². The first kappa shape index (κ1) is 15.9. The molecule has 2 aromatic carbocycles. The van der Waals surface area contributed by atoms with Crippen LogP contribution >= 0.6 is 0 Å². The van der Waals surface area contributed by atoms with E-state index in [1.165, 1.54) is 12.8 Å². The number of nitrogens with zero attached hydrogens (tertiary/aromatic N) is 1. The van der Waals surface area contributed by atoms with Crippen LogP contribution in [0.4, 0.5) is 0 Å². The number of carbonyl (C=O) groups excluding carboxylic acids is 2. The van der Waals surface area contributed by atoms with Crippen LogP contribution in [0, 0.1) is 5.92 Å². The van der Waals surface area contributed by atoms with Crippen molar-refractivity contribution >= 4 is 11.7 Å². The van der Waals surface area contributed by atoms with Crippen LogP contribution in [-0.2, 0) is 13.1 Å². The Balaban J connectivity index is 1.48. The lowest BCUT2D eigenvalue weighted by atomic mass is 10.0. The third-order valence-corrected chi connectivity index (χ3v) is 5.01. The van der Waals surface area contributed by atoms with Gasteiger partial charge in [0.2, 0.25) is 0 Å². The average molecular weight is 335 g/mol. The third-order valence-electron chi connectivity index (χ3n) is 5.01. The number of carbonyl (C=O) groups is 2. The van der Waals surface area contributed by atoms with Gasteiger partial charge in [0.05, 0.1) is 7.11 Å². The molecule has 4 heteroatoms. The summed E-state index contributed by atoms with van der Waals surface area (Å²) in [5.74, 6) is 1.62. The molecule has 4 rings (SSSR count). The van der Waals surface area contributed by atoms with Crippen molar-refractivity contribution in [1.82, 2.24) is 4.90 Å². The maximum absolute atomic E-state index is 12.6. The molecule has 0 radical (unpaired) electrons. The molecular weight excluding hydrogens is 314 g/mol. The largest absolute Gasteiger partial charge is 0.497 e. The molecule has 1 aliphatic carbocycles. The van der Waals surface area contributed by atoms with E-state index in [0.717, 1.165) is 28.0 Å². The van der Waals surface area contributed by atoms with Crippen molar-refractivity contribution in [2.75, 3.05) is 7.11 Å². The predicted molar refractivity (Wildman–Crippen MR) is 94.7 cm³/mol. The molecule has 1 aliphatic heterocycles. The number of amides is 1. The number of hydrogen-bond acceptors (Lipinski definition) is 3. The van der Waals surface area contributed by atoms with Gasteiger partial charge in [-0.1, -0.05) is 18.2 Å². The Bertz CT molecular complexity index is 822. The Morgan fingerprint density at radius 3 is 2.60 bits per heavy atom. The second kappa shape index (κ2) is 6.36. The fraction of sp³-hybridized carbons (Fsp3) is 0.333. The van der Waals surface area contributed by atoms with Crippen molar-refractivity contribution in [3.05, 3.63) is 64.7 Å². The van der Waals surface area contributed by atoms with Gasteiger partial charge in [-0.15, -0.1) is 0 Å². The van der Waals surface area contributed by atoms with Gasteiger partial charge < -0.3 is 9.64 Å². The monoisotopic (exact) mass is 335 g/mol. The lowest BCUT2D eigenvalue weighted by molar-refractivity contribution is 0.0766. The number of Topliss-reactive ketones (excluding diaryl/α,β-unsaturated/α-hetero) is 1. The van der Waals surface area contributed by atoms with E-state index in [9.17, 15) is 9.59 Å². The Kier molecular flexibility index (Phi) is 4.04. The normalized spacial score (nSPS) is 16.0. The number of hydrogen-bond donors (Lipinski definition) is 0. The van der Waals surface area contributed by atoms with Gasteiger partial charge in [-0.25, -0.2) is 0 Å². The van der Waals surface area contributed by atoms with E-state index in [1.807, 2.05) is 41.3 Å². The zero-order valence-electron chi connectivity index (χ0n) is 14.3. The quantitative estimate of drug-likeness (QED) is 0.754. The summed E-state index contributed by atoms with van der Waals surface area (Å²) in [5, 5.41) is 0. The fourth-order valence-electron chi connectivity index (χ4n) is 3.34. The van der Waals surface area contributed by atoms with Crippen LogP contribution < -0.4 is 4.74 Å². The highest BCUT2D eigenvalue weighted by molar-refractivity contribution is 6.01. The molecule has 0 atom stereocenters. The maximum atomic E-state index is 12.6. The number of benzene rings is 2. The smallest absolute Gasteiger partial charge is 0.254 e. The molecule has 1 fully saturated rings. The Hall–Kier alpha value is -2.62. The highest BCUT2D eigenvalue weighted by Gasteiger charge is 2.29. The summed E-state index contributed by atoms with van der Waals surface area (Å²) in [4.78, 5) is 26.7. The van der Waals surface area contributed by atoms with Crippen molar-refractivity contribution in [1.29, 1.82) is 0 Å². The summed E-state index contributed by atoms with van der Waals surface area (Å²) in [6.45, 7) is 1.12. The van der Waals surface area contributed by atoms with E-state index >= 15 is 0 Å². The van der Waals surface area contributed by atoms with E-state index in [0.29, 0.717) is 25.4 Å². The minimum absolute atomic E-state index is 0.0343. The van der Waals surface area contributed by atoms with Crippen LogP contribution in [0.1, 0.15) is 51.1 Å². The van der Waals surface area contributed by atoms with Gasteiger partial charge in [-0.2, -0.15) is 0 Å². The summed E-state index contributed by atoms with van der Waals surface area (Å²) in [6, 6.07) is 13.3. The maximum Gasteiger partial charge on any atom is 0.254 e. The van der Waals surface area contributed by atoms with Crippen molar-refractivity contribution < 1.29 is 14.3 Å². The average Bonchev–Trinajstić information content (AvgIpc) is 3.39. The van der Waals surface area contributed by atoms with Gasteiger partial charge in [-0.05, 0) is 54.2 Å². The second-order valence-corrected chi connectivity index (χ2v) is 6.95. The summed E-state index contributed by atoms with van der Waals surface area (Å²) in [6.07, 6.45) is 2.98. The number of rotatable bonds is 6. The van der Waals surface area contributed by atoms with E-state index in [4.69, 9.17) is 4.74 Å². The molecule has 4 nitrogen and oxygen atoms in total. The van der Waals surface area contributed by atoms with Crippen molar-refractivity contribution in [2.45, 2.75) is 32.4 Å². The Labute approximate surface area is 147 Å². The molecule has 0 saturated heterocycles. The van der Waals surface area contributed by atoms with Gasteiger partial charge in [0.15, 0.2) is 5.78 Å². The molecule has 0 bridgehead atoms. The van der Waals surface area contributed by atoms with Crippen LogP contribution in [0.2, 0.25) is 0 Å². The summed E-state index contributed by atoms with van der Waals surface area (Å²) >= 11 is 0. The van der Waals surface area contributed by atoms with Gasteiger partial charge >= 0.3 is 0 Å². The molecule has 25 heavy (non-hydrogen) atoms. The topological polar surface area (TPSA) is 46.6 Å². The highest BCUT2D eigenvalue weighted by atomic mass is 16.5. The van der Waals surface area contributed by atoms with Gasteiger partial charge in [0.25, 0.3) is 5.91 Å². The van der Waals surface area contributed by atoms with Gasteiger partial charge in [0, 0.05) is 30.6 Å². The van der Waals surface area contributed by atoms with Gasteiger partial charge in [0.1, 0.15) is 5.75 Å². The van der Waals surface area contributed by atoms with E-state index in [-0.39, 0.29) is 11.7 Å². The molecule has 1 heterocycles. The molecular formula is C21H21NO3. The van der Waals surface area contributed by atoms with Crippen LogP contribution in [0.25, 0.3) is 0 Å². The first-order chi connectivity index (χ1) is 12.1. The predicted octanol–water partition coefficient (Wildman–Crippen LogP) is 3.83. The lowest BCUT2D eigenvalue weighted by Gasteiger charge is -2.15. The van der Waals surface area contributed by atoms with Crippen LogP contribution in [0.3, 0.4) is 0 Å². The molecule has 2 aromatic rings. The molecule has 1 saturated carbocycles. The van der Waals surface area contributed by atoms with E-state index in [1.54, 1.807) is 13.2 Å². The highest BCUT2D eigenvalue weighted by Crippen LogP contribution is 2.34. The molecule has 0 N–H and O–H groups in total. The standard InChI is InChI=1S/C21H21NO3/c1-25-18-7-4-15(5-8-18)12-22-13-17-11-16(6-9-19(17)21(22)24)20(23)10-14-2-3-14/h4-9,11,14H,2-3,10,12-13H2,1H3. The van der Waals surface area contributed by atoms with E-state index in [2.05, 4.69) is 0 Å². The molecule has 0 aromatic heterocycles. The third kappa shape index (κ3) is 3.29. The summed E-state index contributed by atoms with van der Waals surface area (Å²) in [7, 11) is 1.64. The number of ketones is 1. The fourth-order valence-corrected chi connectivity index (χ4v) is 3.34. The summed E-state index contributed by atoms with van der Waals surface area (Å²) in [5.41, 5.74) is 3.48. The second-order valence-electron chi connectivity index (χ2n) is 6.95. The van der Waals surface area contributed by atoms with Crippen LogP contribution in [0.5, 0.6) is 5.75 Å². The van der Waals surface area contributed by atoms with Gasteiger partial charge in [-0.3, -0.25) is 9.59 Å². The number of ether oxygens (including phenoxy) is 1. The number of fused-ring (bicyclic) bond motifs is 1. The van der Waals surface area contributed by atoms with Crippen molar-refractivity contribution in [3.8, 4) is 5.75 Å².